The van der Waals surface area contributed by atoms with Gasteiger partial charge >= 0.3 is 0 Å². The molecule has 1 saturated carbocycles. The summed E-state index contributed by atoms with van der Waals surface area (Å²) in [6.07, 6.45) is 2.92. The Hall–Kier alpha value is -2.10. The highest BCUT2D eigenvalue weighted by atomic mass is 16.2. The van der Waals surface area contributed by atoms with E-state index in [2.05, 4.69) is 15.5 Å². The van der Waals surface area contributed by atoms with Crippen molar-refractivity contribution in [3.63, 3.8) is 0 Å². The van der Waals surface area contributed by atoms with Crippen LogP contribution in [0.5, 0.6) is 0 Å². The molecule has 1 aromatic heterocycles. The number of H-pyrrole nitrogens is 1. The van der Waals surface area contributed by atoms with Crippen LogP contribution in [0, 0.1) is 6.92 Å². The highest BCUT2D eigenvalue weighted by molar-refractivity contribution is 5.99. The normalized spacial score (nSPS) is 16.7. The minimum absolute atomic E-state index is 0.0523. The van der Waals surface area contributed by atoms with Crippen molar-refractivity contribution in [3.05, 3.63) is 47.7 Å². The predicted octanol–water partition coefficient (Wildman–Crippen LogP) is 2.78. The molecule has 4 nitrogen and oxygen atoms in total. The van der Waals surface area contributed by atoms with Gasteiger partial charge in [-0.25, -0.2) is 0 Å². The van der Waals surface area contributed by atoms with Gasteiger partial charge in [0, 0.05) is 11.8 Å². The molecule has 1 fully saturated rings. The fourth-order valence-electron chi connectivity index (χ4n) is 2.65. The van der Waals surface area contributed by atoms with Gasteiger partial charge in [0.2, 0.25) is 5.91 Å². The molecule has 0 radical (unpaired) electrons. The summed E-state index contributed by atoms with van der Waals surface area (Å²) >= 11 is 0. The summed E-state index contributed by atoms with van der Waals surface area (Å²) in [6.45, 7) is 1.92. The number of nitrogens with one attached hydrogen (secondary N) is 2. The van der Waals surface area contributed by atoms with E-state index in [1.807, 2.05) is 43.3 Å². The smallest absolute Gasteiger partial charge is 0.236 e. The Kier molecular flexibility index (Phi) is 2.85. The molecule has 0 unspecified atom stereocenters. The van der Waals surface area contributed by atoms with Crippen LogP contribution in [0.1, 0.15) is 30.5 Å². The molecule has 0 aliphatic heterocycles. The maximum absolute atomic E-state index is 12.6. The molecular weight excluding hydrogens is 238 g/mol. The average molecular weight is 255 g/mol. The minimum atomic E-state index is -0.367. The van der Waals surface area contributed by atoms with Gasteiger partial charge in [0.15, 0.2) is 5.82 Å². The summed E-state index contributed by atoms with van der Waals surface area (Å²) in [5, 5.41) is 9.82. The number of amides is 1. The van der Waals surface area contributed by atoms with Crippen molar-refractivity contribution in [1.82, 2.24) is 10.2 Å². The van der Waals surface area contributed by atoms with E-state index in [1.54, 1.807) is 0 Å². The summed E-state index contributed by atoms with van der Waals surface area (Å²) in [5.74, 6) is 0.654. The number of aromatic amines is 1. The fourth-order valence-corrected chi connectivity index (χ4v) is 2.65. The standard InChI is InChI=1S/C15H17N3O/c1-11-10-13(18-17-11)16-14(19)15(8-5-9-15)12-6-3-2-4-7-12/h2-4,6-7,10H,5,8-9H2,1H3,(H2,16,17,18,19). The van der Waals surface area contributed by atoms with Crippen LogP contribution in [0.3, 0.4) is 0 Å². The van der Waals surface area contributed by atoms with E-state index >= 15 is 0 Å². The van der Waals surface area contributed by atoms with Crippen molar-refractivity contribution >= 4 is 11.7 Å². The molecule has 2 aromatic rings. The van der Waals surface area contributed by atoms with Gasteiger partial charge in [-0.05, 0) is 25.3 Å². The number of carbonyl (C=O) groups excluding carboxylic acids is 1. The first-order chi connectivity index (χ1) is 9.21. The monoisotopic (exact) mass is 255 g/mol. The van der Waals surface area contributed by atoms with Gasteiger partial charge in [0.1, 0.15) is 0 Å². The van der Waals surface area contributed by atoms with Gasteiger partial charge in [-0.3, -0.25) is 9.89 Å². The summed E-state index contributed by atoms with van der Waals surface area (Å²) < 4.78 is 0. The van der Waals surface area contributed by atoms with Gasteiger partial charge in [0.05, 0.1) is 5.41 Å². The quantitative estimate of drug-likeness (QED) is 0.886. The molecule has 0 bridgehead atoms. The van der Waals surface area contributed by atoms with Crippen molar-refractivity contribution in [2.75, 3.05) is 5.32 Å². The van der Waals surface area contributed by atoms with E-state index in [0.29, 0.717) is 5.82 Å². The molecule has 1 aliphatic rings. The van der Waals surface area contributed by atoms with Crippen LogP contribution >= 0.6 is 0 Å². The molecule has 0 spiro atoms. The summed E-state index contributed by atoms with van der Waals surface area (Å²) in [4.78, 5) is 12.6. The molecule has 0 saturated heterocycles. The third kappa shape index (κ3) is 2.03. The van der Waals surface area contributed by atoms with Crippen LogP contribution in [0.4, 0.5) is 5.82 Å². The number of hydrogen-bond donors (Lipinski definition) is 2. The molecule has 2 N–H and O–H groups in total. The molecule has 0 atom stereocenters. The second-order valence-electron chi connectivity index (χ2n) is 5.19. The third-order valence-corrected chi connectivity index (χ3v) is 3.92. The van der Waals surface area contributed by atoms with Crippen LogP contribution < -0.4 is 5.32 Å². The highest BCUT2D eigenvalue weighted by Crippen LogP contribution is 2.44. The Morgan fingerprint density at radius 3 is 2.58 bits per heavy atom. The second kappa shape index (κ2) is 4.53. The molecule has 98 valence electrons. The molecule has 19 heavy (non-hydrogen) atoms. The Morgan fingerprint density at radius 2 is 2.05 bits per heavy atom. The summed E-state index contributed by atoms with van der Waals surface area (Å²) in [6, 6.07) is 11.9. The Balaban J connectivity index is 1.84. The molecule has 1 amide bonds. The highest BCUT2D eigenvalue weighted by Gasteiger charge is 2.45. The number of aryl methyl sites for hydroxylation is 1. The molecule has 1 aliphatic carbocycles. The molecule has 1 heterocycles. The SMILES string of the molecule is Cc1cc(NC(=O)C2(c3ccccc3)CCC2)n[nH]1. The Bertz CT molecular complexity index is 584. The zero-order valence-electron chi connectivity index (χ0n) is 10.9. The van der Waals surface area contributed by atoms with Crippen LogP contribution in [0.2, 0.25) is 0 Å². The maximum Gasteiger partial charge on any atom is 0.236 e. The van der Waals surface area contributed by atoms with Crippen LogP contribution in [-0.4, -0.2) is 16.1 Å². The van der Waals surface area contributed by atoms with E-state index < -0.39 is 0 Å². The maximum atomic E-state index is 12.6. The van der Waals surface area contributed by atoms with E-state index in [4.69, 9.17) is 0 Å². The van der Waals surface area contributed by atoms with Crippen molar-refractivity contribution in [2.24, 2.45) is 0 Å². The first-order valence-electron chi connectivity index (χ1n) is 6.60. The molecule has 3 rings (SSSR count). The third-order valence-electron chi connectivity index (χ3n) is 3.92. The van der Waals surface area contributed by atoms with E-state index in [1.165, 1.54) is 0 Å². The van der Waals surface area contributed by atoms with Gasteiger partial charge in [0.25, 0.3) is 0 Å². The second-order valence-corrected chi connectivity index (χ2v) is 5.19. The number of rotatable bonds is 3. The van der Waals surface area contributed by atoms with Gasteiger partial charge in [-0.15, -0.1) is 0 Å². The predicted molar refractivity (Wildman–Crippen MR) is 73.9 cm³/mol. The number of hydrogen-bond acceptors (Lipinski definition) is 2. The molecule has 1 aromatic carbocycles. The van der Waals surface area contributed by atoms with Crippen molar-refractivity contribution in [1.29, 1.82) is 0 Å². The lowest BCUT2D eigenvalue weighted by Crippen LogP contribution is -2.46. The summed E-state index contributed by atoms with van der Waals surface area (Å²) in [7, 11) is 0. The fraction of sp³-hybridized carbons (Fsp3) is 0.333. The van der Waals surface area contributed by atoms with Gasteiger partial charge in [-0.1, -0.05) is 36.8 Å². The Morgan fingerprint density at radius 1 is 1.32 bits per heavy atom. The first kappa shape index (κ1) is 12.0. The number of aromatic nitrogens is 2. The molecular formula is C15H17N3O. The zero-order chi connectivity index (χ0) is 13.3. The molecule has 4 heteroatoms. The van der Waals surface area contributed by atoms with Crippen LogP contribution in [-0.2, 0) is 10.2 Å². The first-order valence-corrected chi connectivity index (χ1v) is 6.60. The number of anilines is 1. The van der Waals surface area contributed by atoms with Crippen molar-refractivity contribution in [2.45, 2.75) is 31.6 Å². The summed E-state index contributed by atoms with van der Waals surface area (Å²) in [5.41, 5.74) is 1.68. The largest absolute Gasteiger partial charge is 0.308 e. The van der Waals surface area contributed by atoms with Crippen LogP contribution in [0.15, 0.2) is 36.4 Å². The topological polar surface area (TPSA) is 57.8 Å². The number of nitrogens with zero attached hydrogens (tertiary/aromatic N) is 1. The zero-order valence-corrected chi connectivity index (χ0v) is 10.9. The average Bonchev–Trinajstić information content (AvgIpc) is 2.75. The lowest BCUT2D eigenvalue weighted by molar-refractivity contribution is -0.124. The van der Waals surface area contributed by atoms with Crippen LogP contribution in [0.25, 0.3) is 0 Å². The number of benzene rings is 1. The van der Waals surface area contributed by atoms with E-state index in [0.717, 1.165) is 30.5 Å². The van der Waals surface area contributed by atoms with Crippen molar-refractivity contribution < 1.29 is 4.79 Å². The van der Waals surface area contributed by atoms with Gasteiger partial charge in [-0.2, -0.15) is 5.10 Å². The minimum Gasteiger partial charge on any atom is -0.308 e. The lowest BCUT2D eigenvalue weighted by atomic mass is 9.64. The number of carbonyl (C=O) groups is 1. The van der Waals surface area contributed by atoms with Gasteiger partial charge < -0.3 is 5.32 Å². The van der Waals surface area contributed by atoms with Crippen molar-refractivity contribution in [3.8, 4) is 0 Å². The van der Waals surface area contributed by atoms with E-state index in [9.17, 15) is 4.79 Å². The Labute approximate surface area is 112 Å². The van der Waals surface area contributed by atoms with E-state index in [-0.39, 0.29) is 11.3 Å². The lowest BCUT2D eigenvalue weighted by Gasteiger charge is -2.40.